The van der Waals surface area contributed by atoms with E-state index in [1.807, 2.05) is 13.8 Å². The van der Waals surface area contributed by atoms with Gasteiger partial charge in [0.1, 0.15) is 0 Å². The largest absolute Gasteiger partial charge is 0.310 e. The summed E-state index contributed by atoms with van der Waals surface area (Å²) >= 11 is 0. The maximum absolute atomic E-state index is 2.38. The van der Waals surface area contributed by atoms with Gasteiger partial charge in [-0.1, -0.05) is 82.1 Å². The van der Waals surface area contributed by atoms with Crippen LogP contribution in [0.25, 0.3) is 0 Å². The molecule has 0 aliphatic heterocycles. The molecule has 154 valence electrons. The lowest BCUT2D eigenvalue weighted by Crippen LogP contribution is -2.16. The molecule has 1 heteroatoms. The Kier molecular flexibility index (Phi) is 7.30. The van der Waals surface area contributed by atoms with Gasteiger partial charge < -0.3 is 4.90 Å². The van der Waals surface area contributed by atoms with Gasteiger partial charge in [-0.15, -0.1) is 0 Å². The van der Waals surface area contributed by atoms with Crippen molar-refractivity contribution < 1.29 is 0 Å². The third-order valence-electron chi connectivity index (χ3n) is 5.17. The summed E-state index contributed by atoms with van der Waals surface area (Å²) in [6.45, 7) is 19.6. The van der Waals surface area contributed by atoms with Gasteiger partial charge in [0.15, 0.2) is 0 Å². The molecule has 29 heavy (non-hydrogen) atoms. The molecule has 0 saturated carbocycles. The summed E-state index contributed by atoms with van der Waals surface area (Å²) in [5.41, 5.74) is 10.4. The lowest BCUT2D eigenvalue weighted by Gasteiger charge is -2.31. The van der Waals surface area contributed by atoms with Crippen LogP contribution in [0.1, 0.15) is 62.4 Å². The van der Waals surface area contributed by atoms with Crippen LogP contribution in [0.15, 0.2) is 60.7 Å². The highest BCUT2D eigenvalue weighted by Gasteiger charge is 2.21. The van der Waals surface area contributed by atoms with Crippen molar-refractivity contribution in [3.63, 3.8) is 0 Å². The normalized spacial score (nSPS) is 10.9. The second-order valence-corrected chi connectivity index (χ2v) is 8.72. The van der Waals surface area contributed by atoms with Crippen LogP contribution in [-0.2, 0) is 5.41 Å². The molecule has 3 aromatic carbocycles. The minimum absolute atomic E-state index is 0.145. The standard InChI is InChI=1S/C26H31N.C2H6/c1-18-8-12-23(13-9-18)27(24-14-10-19(2)11-15-24)25-20(3)16-22(17-21(25)4)26(5,6)7;1-2/h8-17H,1-7H3;1-2H3. The second-order valence-electron chi connectivity index (χ2n) is 8.72. The van der Waals surface area contributed by atoms with Crippen molar-refractivity contribution in [3.8, 4) is 0 Å². The molecule has 0 N–H and O–H groups in total. The maximum atomic E-state index is 2.38. The summed E-state index contributed by atoms with van der Waals surface area (Å²) < 4.78 is 0. The van der Waals surface area contributed by atoms with E-state index in [9.17, 15) is 0 Å². The second kappa shape index (κ2) is 9.31. The molecule has 0 aliphatic carbocycles. The predicted molar refractivity (Wildman–Crippen MR) is 130 cm³/mol. The molecule has 0 spiro atoms. The number of aryl methyl sites for hydroxylation is 4. The summed E-state index contributed by atoms with van der Waals surface area (Å²) in [5.74, 6) is 0. The zero-order valence-electron chi connectivity index (χ0n) is 19.7. The molecule has 0 atom stereocenters. The SMILES string of the molecule is CC.Cc1ccc(N(c2ccc(C)cc2)c2c(C)cc(C(C)(C)C)cc2C)cc1. The molecular weight excluding hydrogens is 350 g/mol. The summed E-state index contributed by atoms with van der Waals surface area (Å²) in [6.07, 6.45) is 0. The molecule has 3 rings (SSSR count). The average molecular weight is 388 g/mol. The Morgan fingerprint density at radius 1 is 0.586 bits per heavy atom. The van der Waals surface area contributed by atoms with Crippen LogP contribution in [-0.4, -0.2) is 0 Å². The number of nitrogens with zero attached hydrogens (tertiary/aromatic N) is 1. The molecule has 0 aliphatic rings. The van der Waals surface area contributed by atoms with Crippen LogP contribution in [0.2, 0.25) is 0 Å². The lowest BCUT2D eigenvalue weighted by atomic mass is 9.84. The predicted octanol–water partition coefficient (Wildman–Crippen LogP) is 8.71. The molecule has 0 fully saturated rings. The van der Waals surface area contributed by atoms with Crippen LogP contribution in [0.3, 0.4) is 0 Å². The van der Waals surface area contributed by atoms with Crippen molar-refractivity contribution in [1.29, 1.82) is 0 Å². The van der Waals surface area contributed by atoms with E-state index in [-0.39, 0.29) is 5.41 Å². The van der Waals surface area contributed by atoms with Crippen molar-refractivity contribution in [1.82, 2.24) is 0 Å². The summed E-state index contributed by atoms with van der Waals surface area (Å²) in [5, 5.41) is 0. The number of anilines is 3. The topological polar surface area (TPSA) is 3.24 Å². The van der Waals surface area contributed by atoms with Crippen LogP contribution in [0.5, 0.6) is 0 Å². The Balaban J connectivity index is 0.00000145. The van der Waals surface area contributed by atoms with Crippen LogP contribution in [0.4, 0.5) is 17.1 Å². The smallest absolute Gasteiger partial charge is 0.0520 e. The van der Waals surface area contributed by atoms with E-state index in [0.29, 0.717) is 0 Å². The highest BCUT2D eigenvalue weighted by Crippen LogP contribution is 2.40. The fourth-order valence-electron chi connectivity index (χ4n) is 3.54. The molecule has 3 aromatic rings. The molecule has 0 aromatic heterocycles. The van der Waals surface area contributed by atoms with Gasteiger partial charge in [-0.2, -0.15) is 0 Å². The lowest BCUT2D eigenvalue weighted by molar-refractivity contribution is 0.589. The zero-order valence-corrected chi connectivity index (χ0v) is 19.7. The fraction of sp³-hybridized carbons (Fsp3) is 0.357. The highest BCUT2D eigenvalue weighted by molar-refractivity contribution is 5.80. The summed E-state index contributed by atoms with van der Waals surface area (Å²) in [6, 6.07) is 22.3. The monoisotopic (exact) mass is 387 g/mol. The molecular formula is C28H37N. The van der Waals surface area contributed by atoms with Crippen molar-refractivity contribution in [3.05, 3.63) is 88.5 Å². The number of hydrogen-bond donors (Lipinski definition) is 0. The first kappa shape index (κ1) is 22.7. The van der Waals surface area contributed by atoms with Gasteiger partial charge in [-0.05, 0) is 74.1 Å². The van der Waals surface area contributed by atoms with Crippen LogP contribution in [0, 0.1) is 27.7 Å². The van der Waals surface area contributed by atoms with E-state index in [4.69, 9.17) is 0 Å². The van der Waals surface area contributed by atoms with Gasteiger partial charge >= 0.3 is 0 Å². The molecule has 0 unspecified atom stereocenters. The number of benzene rings is 3. The number of hydrogen-bond acceptors (Lipinski definition) is 1. The van der Waals surface area contributed by atoms with Gasteiger partial charge in [0.25, 0.3) is 0 Å². The molecule has 0 bridgehead atoms. The van der Waals surface area contributed by atoms with E-state index in [1.165, 1.54) is 44.9 Å². The average Bonchev–Trinajstić information content (AvgIpc) is 2.67. The molecule has 0 radical (unpaired) electrons. The first-order valence-corrected chi connectivity index (χ1v) is 10.7. The third-order valence-corrected chi connectivity index (χ3v) is 5.17. The fourth-order valence-corrected chi connectivity index (χ4v) is 3.54. The van der Waals surface area contributed by atoms with Crippen LogP contribution >= 0.6 is 0 Å². The Hall–Kier alpha value is -2.54. The van der Waals surface area contributed by atoms with Crippen molar-refractivity contribution in [2.24, 2.45) is 0 Å². The highest BCUT2D eigenvalue weighted by atomic mass is 15.1. The van der Waals surface area contributed by atoms with Gasteiger partial charge in [0.2, 0.25) is 0 Å². The van der Waals surface area contributed by atoms with E-state index in [0.717, 1.165) is 0 Å². The van der Waals surface area contributed by atoms with E-state index in [2.05, 4.69) is 114 Å². The van der Waals surface area contributed by atoms with Crippen molar-refractivity contribution >= 4 is 17.1 Å². The number of rotatable bonds is 3. The Bertz CT molecular complexity index is 857. The molecule has 0 saturated heterocycles. The van der Waals surface area contributed by atoms with Gasteiger partial charge in [0, 0.05) is 11.4 Å². The summed E-state index contributed by atoms with van der Waals surface area (Å²) in [7, 11) is 0. The first-order valence-electron chi connectivity index (χ1n) is 10.7. The zero-order chi connectivity index (χ0) is 21.8. The van der Waals surface area contributed by atoms with Gasteiger partial charge in [0.05, 0.1) is 5.69 Å². The Labute approximate surface area is 178 Å². The van der Waals surface area contributed by atoms with E-state index >= 15 is 0 Å². The van der Waals surface area contributed by atoms with Crippen LogP contribution < -0.4 is 4.90 Å². The van der Waals surface area contributed by atoms with Crippen molar-refractivity contribution in [2.45, 2.75) is 67.7 Å². The molecule has 1 nitrogen and oxygen atoms in total. The third kappa shape index (κ3) is 5.29. The Morgan fingerprint density at radius 3 is 1.24 bits per heavy atom. The molecule has 0 heterocycles. The van der Waals surface area contributed by atoms with Gasteiger partial charge in [-0.25, -0.2) is 0 Å². The van der Waals surface area contributed by atoms with E-state index in [1.54, 1.807) is 0 Å². The Morgan fingerprint density at radius 2 is 0.931 bits per heavy atom. The quantitative estimate of drug-likeness (QED) is 0.434. The summed E-state index contributed by atoms with van der Waals surface area (Å²) in [4.78, 5) is 2.38. The van der Waals surface area contributed by atoms with E-state index < -0.39 is 0 Å². The maximum Gasteiger partial charge on any atom is 0.0520 e. The first-order chi connectivity index (χ1) is 13.7. The minimum atomic E-state index is 0.145. The molecule has 0 amide bonds. The van der Waals surface area contributed by atoms with Crippen molar-refractivity contribution in [2.75, 3.05) is 4.90 Å². The van der Waals surface area contributed by atoms with Gasteiger partial charge in [-0.3, -0.25) is 0 Å². The minimum Gasteiger partial charge on any atom is -0.310 e.